The van der Waals surface area contributed by atoms with Crippen LogP contribution in [0.15, 0.2) is 24.4 Å². The van der Waals surface area contributed by atoms with Gasteiger partial charge in [0, 0.05) is 30.4 Å². The average Bonchev–Trinajstić information content (AvgIpc) is 2.53. The largest absolute Gasteiger partial charge is 0.394 e. The number of aliphatic hydroxyl groups excluding tert-OH is 1. The Labute approximate surface area is 129 Å². The van der Waals surface area contributed by atoms with Crippen LogP contribution in [-0.4, -0.2) is 53.8 Å². The minimum absolute atomic E-state index is 0.101. The van der Waals surface area contributed by atoms with E-state index in [1.165, 1.54) is 0 Å². The van der Waals surface area contributed by atoms with Crippen LogP contribution >= 0.6 is 0 Å². The number of hydrogen-bond acceptors (Lipinski definition) is 4. The molecule has 120 valence electrons. The molecular weight excluding hydrogens is 262 g/mol. The molecular formula is C17H31N3O. The van der Waals surface area contributed by atoms with Gasteiger partial charge in [-0.3, -0.25) is 4.98 Å². The summed E-state index contributed by atoms with van der Waals surface area (Å²) in [6.45, 7) is 7.44. The maximum absolute atomic E-state index is 9.64. The van der Waals surface area contributed by atoms with Crippen LogP contribution < -0.4 is 5.32 Å². The van der Waals surface area contributed by atoms with Crippen LogP contribution in [0.4, 0.5) is 0 Å². The SMILES string of the molecule is CCNC(CC)(CO)CCCN(C)CCc1ccccn1. The highest BCUT2D eigenvalue weighted by Gasteiger charge is 2.25. The molecule has 1 heterocycles. The predicted molar refractivity (Wildman–Crippen MR) is 88.5 cm³/mol. The number of nitrogens with zero attached hydrogens (tertiary/aromatic N) is 2. The van der Waals surface area contributed by atoms with Gasteiger partial charge in [0.25, 0.3) is 0 Å². The van der Waals surface area contributed by atoms with Gasteiger partial charge in [0.1, 0.15) is 0 Å². The predicted octanol–water partition coefficient (Wildman–Crippen LogP) is 2.09. The number of nitrogens with one attached hydrogen (secondary N) is 1. The Hall–Kier alpha value is -0.970. The van der Waals surface area contributed by atoms with Gasteiger partial charge in [0.2, 0.25) is 0 Å². The van der Waals surface area contributed by atoms with Crippen LogP contribution in [0.25, 0.3) is 0 Å². The molecule has 0 aliphatic carbocycles. The topological polar surface area (TPSA) is 48.4 Å². The molecule has 1 unspecified atom stereocenters. The van der Waals surface area contributed by atoms with Crippen molar-refractivity contribution in [2.75, 3.05) is 33.3 Å². The zero-order valence-electron chi connectivity index (χ0n) is 13.8. The molecule has 1 aromatic heterocycles. The first-order valence-electron chi connectivity index (χ1n) is 8.10. The number of rotatable bonds is 11. The summed E-state index contributed by atoms with van der Waals surface area (Å²) in [5.41, 5.74) is 1.05. The average molecular weight is 293 g/mol. The summed E-state index contributed by atoms with van der Waals surface area (Å²) in [7, 11) is 2.16. The lowest BCUT2D eigenvalue weighted by Gasteiger charge is -2.32. The Balaban J connectivity index is 2.27. The van der Waals surface area contributed by atoms with Crippen LogP contribution in [-0.2, 0) is 6.42 Å². The van der Waals surface area contributed by atoms with Crippen LogP contribution in [0.5, 0.6) is 0 Å². The first kappa shape index (κ1) is 18.1. The van der Waals surface area contributed by atoms with Crippen molar-refractivity contribution in [3.05, 3.63) is 30.1 Å². The zero-order chi connectivity index (χ0) is 15.6. The highest BCUT2D eigenvalue weighted by atomic mass is 16.3. The maximum atomic E-state index is 9.64. The Bertz CT molecular complexity index is 366. The van der Waals surface area contributed by atoms with Gasteiger partial charge in [-0.2, -0.15) is 0 Å². The maximum Gasteiger partial charge on any atom is 0.0613 e. The zero-order valence-corrected chi connectivity index (χ0v) is 13.8. The second-order valence-electron chi connectivity index (χ2n) is 5.80. The summed E-state index contributed by atoms with van der Waals surface area (Å²) in [4.78, 5) is 6.70. The molecule has 0 radical (unpaired) electrons. The minimum atomic E-state index is -0.101. The molecule has 21 heavy (non-hydrogen) atoms. The molecule has 0 bridgehead atoms. The summed E-state index contributed by atoms with van der Waals surface area (Å²) >= 11 is 0. The van der Waals surface area contributed by atoms with E-state index < -0.39 is 0 Å². The Morgan fingerprint density at radius 3 is 2.67 bits per heavy atom. The van der Waals surface area contributed by atoms with Gasteiger partial charge >= 0.3 is 0 Å². The lowest BCUT2D eigenvalue weighted by molar-refractivity contribution is 0.142. The summed E-state index contributed by atoms with van der Waals surface area (Å²) in [6.07, 6.45) is 5.92. The Kier molecular flexibility index (Phi) is 8.50. The number of aliphatic hydroxyl groups is 1. The van der Waals surface area contributed by atoms with Crippen molar-refractivity contribution in [3.63, 3.8) is 0 Å². The number of likely N-dealkylation sites (N-methyl/N-ethyl adjacent to an activating group) is 2. The van der Waals surface area contributed by atoms with Crippen molar-refractivity contribution < 1.29 is 5.11 Å². The molecule has 0 aromatic carbocycles. The minimum Gasteiger partial charge on any atom is -0.394 e. The highest BCUT2D eigenvalue weighted by molar-refractivity contribution is 5.03. The molecule has 2 N–H and O–H groups in total. The van der Waals surface area contributed by atoms with Crippen LogP contribution in [0, 0.1) is 0 Å². The first-order valence-corrected chi connectivity index (χ1v) is 8.10. The van der Waals surface area contributed by atoms with Gasteiger partial charge in [0.05, 0.1) is 6.61 Å². The van der Waals surface area contributed by atoms with E-state index in [2.05, 4.69) is 42.2 Å². The van der Waals surface area contributed by atoms with Crippen LogP contribution in [0.3, 0.4) is 0 Å². The second-order valence-corrected chi connectivity index (χ2v) is 5.80. The van der Waals surface area contributed by atoms with E-state index >= 15 is 0 Å². The van der Waals surface area contributed by atoms with E-state index in [0.29, 0.717) is 0 Å². The number of pyridine rings is 1. The Morgan fingerprint density at radius 1 is 1.29 bits per heavy atom. The lowest BCUT2D eigenvalue weighted by atomic mass is 9.91. The molecule has 0 fully saturated rings. The smallest absolute Gasteiger partial charge is 0.0613 e. The Morgan fingerprint density at radius 2 is 2.10 bits per heavy atom. The molecule has 0 aliphatic heterocycles. The summed E-state index contributed by atoms with van der Waals surface area (Å²) in [6, 6.07) is 6.07. The van der Waals surface area contributed by atoms with E-state index in [0.717, 1.165) is 51.0 Å². The fourth-order valence-electron chi connectivity index (χ4n) is 2.66. The van der Waals surface area contributed by atoms with Crippen molar-refractivity contribution >= 4 is 0 Å². The number of aromatic nitrogens is 1. The lowest BCUT2D eigenvalue weighted by Crippen LogP contribution is -2.48. The van der Waals surface area contributed by atoms with Crippen LogP contribution in [0.1, 0.15) is 38.8 Å². The summed E-state index contributed by atoms with van der Waals surface area (Å²) in [5, 5.41) is 13.1. The monoisotopic (exact) mass is 293 g/mol. The van der Waals surface area contributed by atoms with Gasteiger partial charge in [-0.25, -0.2) is 0 Å². The molecule has 0 spiro atoms. The van der Waals surface area contributed by atoms with E-state index in [9.17, 15) is 5.11 Å². The van der Waals surface area contributed by atoms with E-state index in [4.69, 9.17) is 0 Å². The molecule has 4 heteroatoms. The quantitative estimate of drug-likeness (QED) is 0.656. The van der Waals surface area contributed by atoms with Crippen molar-refractivity contribution in [1.82, 2.24) is 15.2 Å². The second kappa shape index (κ2) is 9.87. The molecule has 0 aliphatic rings. The van der Waals surface area contributed by atoms with Gasteiger partial charge in [-0.15, -0.1) is 0 Å². The molecule has 4 nitrogen and oxygen atoms in total. The molecule has 0 saturated heterocycles. The molecule has 1 rings (SSSR count). The normalized spacial score (nSPS) is 14.3. The van der Waals surface area contributed by atoms with E-state index in [-0.39, 0.29) is 12.1 Å². The summed E-state index contributed by atoms with van der Waals surface area (Å²) in [5.74, 6) is 0. The summed E-state index contributed by atoms with van der Waals surface area (Å²) < 4.78 is 0. The van der Waals surface area contributed by atoms with Crippen molar-refractivity contribution in [2.24, 2.45) is 0 Å². The number of hydrogen-bond donors (Lipinski definition) is 2. The fourth-order valence-corrected chi connectivity index (χ4v) is 2.66. The van der Waals surface area contributed by atoms with Gasteiger partial charge in [0.15, 0.2) is 0 Å². The first-order chi connectivity index (χ1) is 10.2. The third kappa shape index (κ3) is 6.55. The van der Waals surface area contributed by atoms with Crippen molar-refractivity contribution in [2.45, 2.75) is 45.1 Å². The third-order valence-corrected chi connectivity index (χ3v) is 4.20. The van der Waals surface area contributed by atoms with Gasteiger partial charge in [-0.1, -0.05) is 19.9 Å². The molecule has 1 atom stereocenters. The highest BCUT2D eigenvalue weighted by Crippen LogP contribution is 2.17. The van der Waals surface area contributed by atoms with Crippen molar-refractivity contribution in [3.8, 4) is 0 Å². The van der Waals surface area contributed by atoms with E-state index in [1.807, 2.05) is 18.3 Å². The molecule has 0 saturated carbocycles. The van der Waals surface area contributed by atoms with Gasteiger partial charge < -0.3 is 15.3 Å². The standard InChI is InChI=1S/C17H31N3O/c1-4-17(15-21,19-5-2)11-8-13-20(3)14-10-16-9-6-7-12-18-16/h6-7,9,12,19,21H,4-5,8,10-11,13-15H2,1-3H3. The molecule has 1 aromatic rings. The third-order valence-electron chi connectivity index (χ3n) is 4.20. The molecule has 0 amide bonds. The van der Waals surface area contributed by atoms with Crippen LogP contribution in [0.2, 0.25) is 0 Å². The van der Waals surface area contributed by atoms with E-state index in [1.54, 1.807) is 0 Å². The van der Waals surface area contributed by atoms with Gasteiger partial charge in [-0.05, 0) is 51.5 Å². The van der Waals surface area contributed by atoms with Crippen molar-refractivity contribution in [1.29, 1.82) is 0 Å². The fraction of sp³-hybridized carbons (Fsp3) is 0.706.